The number of carbonyl (C=O) groups is 1. The Morgan fingerprint density at radius 1 is 0.767 bits per heavy atom. The van der Waals surface area contributed by atoms with Crippen LogP contribution in [0.5, 0.6) is 0 Å². The number of carbonyl (C=O) groups excluding carboxylic acids is 1. The smallest absolute Gasteiger partial charge is 0.387 e. The fraction of sp³-hybridized carbons (Fsp3) is 0.853. The predicted octanol–water partition coefficient (Wildman–Crippen LogP) is 8.24. The van der Waals surface area contributed by atoms with E-state index in [0.29, 0.717) is 17.4 Å². The number of nitrogens with one attached hydrogen (secondary N) is 1. The summed E-state index contributed by atoms with van der Waals surface area (Å²) in [5.74, 6) is -0.193. The number of aliphatic hydroxyl groups excluding tert-OH is 1. The van der Waals surface area contributed by atoms with Gasteiger partial charge >= 0.3 is 7.82 Å². The highest BCUT2D eigenvalue weighted by Gasteiger charge is 2.27. The van der Waals surface area contributed by atoms with Gasteiger partial charge in [-0.15, -0.1) is 0 Å². The molecule has 0 fully saturated rings. The molecule has 0 aromatic rings. The number of rotatable bonds is 30. The van der Waals surface area contributed by atoms with Crippen LogP contribution < -0.4 is 5.32 Å². The number of aliphatic hydroxyl groups is 1. The maximum atomic E-state index is 12.7. The number of allylic oxidation sites excluding steroid dienone is 3. The fourth-order valence-electron chi connectivity index (χ4n) is 4.56. The van der Waals surface area contributed by atoms with Gasteiger partial charge in [-0.1, -0.05) is 109 Å². The van der Waals surface area contributed by atoms with E-state index in [4.69, 9.17) is 9.05 Å². The van der Waals surface area contributed by atoms with Crippen LogP contribution >= 0.6 is 7.82 Å². The van der Waals surface area contributed by atoms with Crippen molar-refractivity contribution in [1.82, 2.24) is 5.32 Å². The third-order valence-corrected chi connectivity index (χ3v) is 8.40. The van der Waals surface area contributed by atoms with Gasteiger partial charge in [0.15, 0.2) is 0 Å². The van der Waals surface area contributed by atoms with Gasteiger partial charge < -0.3 is 19.8 Å². The van der Waals surface area contributed by atoms with Crippen LogP contribution in [-0.2, 0) is 18.4 Å². The van der Waals surface area contributed by atoms with Crippen LogP contribution in [0.1, 0.15) is 136 Å². The number of likely N-dealkylation sites (N-methyl/N-ethyl adjacent to an activating group) is 1. The molecular weight excluding hydrogens is 563 g/mol. The number of nitrogens with zero attached hydrogens (tertiary/aromatic N) is 1. The van der Waals surface area contributed by atoms with Crippen molar-refractivity contribution in [3.8, 4) is 0 Å². The summed E-state index contributed by atoms with van der Waals surface area (Å²) in [5.41, 5.74) is 0. The number of hydrogen-bond donors (Lipinski definition) is 3. The highest BCUT2D eigenvalue weighted by Crippen LogP contribution is 2.43. The standard InChI is InChI=1S/C34H67N2O6P/c1-6-8-10-12-14-16-17-18-20-22-24-26-28-34(38)35-32(31-42-43(39,40)41-30-29-36(3,4)5)33(37)27-25-23-21-19-15-13-11-9-7-2/h14,16,25,27,32-33,37H,6-13,15,17-24,26,28-31H2,1-5H3,(H-,35,38,39,40)/p+1/b16-14-,27-25+. The van der Waals surface area contributed by atoms with Gasteiger partial charge in [-0.3, -0.25) is 13.8 Å². The summed E-state index contributed by atoms with van der Waals surface area (Å²) in [4.78, 5) is 22.8. The Hall–Kier alpha value is -1.02. The summed E-state index contributed by atoms with van der Waals surface area (Å²) >= 11 is 0. The zero-order chi connectivity index (χ0) is 32.2. The molecule has 0 aliphatic heterocycles. The molecule has 0 aliphatic carbocycles. The van der Waals surface area contributed by atoms with Gasteiger partial charge in [-0.25, -0.2) is 4.57 Å². The lowest BCUT2D eigenvalue weighted by molar-refractivity contribution is -0.870. The number of quaternary nitrogens is 1. The molecule has 0 aromatic heterocycles. The second-order valence-corrected chi connectivity index (χ2v) is 14.3. The third kappa shape index (κ3) is 29.5. The van der Waals surface area contributed by atoms with E-state index in [9.17, 15) is 19.4 Å². The highest BCUT2D eigenvalue weighted by atomic mass is 31.2. The topological polar surface area (TPSA) is 105 Å². The van der Waals surface area contributed by atoms with Crippen molar-refractivity contribution in [2.75, 3.05) is 40.9 Å². The molecule has 3 N–H and O–H groups in total. The minimum atomic E-state index is -4.32. The van der Waals surface area contributed by atoms with E-state index in [-0.39, 0.29) is 19.1 Å². The van der Waals surface area contributed by atoms with E-state index in [1.165, 1.54) is 64.2 Å². The Morgan fingerprint density at radius 2 is 1.26 bits per heavy atom. The number of phosphoric ester groups is 1. The summed E-state index contributed by atoms with van der Waals surface area (Å²) in [5, 5.41) is 13.6. The quantitative estimate of drug-likeness (QED) is 0.0319. The van der Waals surface area contributed by atoms with E-state index in [1.54, 1.807) is 6.08 Å². The highest BCUT2D eigenvalue weighted by molar-refractivity contribution is 7.47. The summed E-state index contributed by atoms with van der Waals surface area (Å²) in [6, 6.07) is -0.843. The van der Waals surface area contributed by atoms with Gasteiger partial charge in [0.25, 0.3) is 0 Å². The molecule has 0 spiro atoms. The van der Waals surface area contributed by atoms with E-state index < -0.39 is 20.0 Å². The molecule has 0 saturated heterocycles. The molecule has 0 aromatic carbocycles. The summed E-state index contributed by atoms with van der Waals surface area (Å²) < 4.78 is 23.3. The van der Waals surface area contributed by atoms with Crippen molar-refractivity contribution in [3.63, 3.8) is 0 Å². The van der Waals surface area contributed by atoms with Crippen LogP contribution in [0.4, 0.5) is 0 Å². The monoisotopic (exact) mass is 631 g/mol. The van der Waals surface area contributed by atoms with Gasteiger partial charge in [-0.2, -0.15) is 0 Å². The molecule has 0 bridgehead atoms. The lowest BCUT2D eigenvalue weighted by Crippen LogP contribution is -2.45. The Balaban J connectivity index is 4.61. The molecule has 43 heavy (non-hydrogen) atoms. The normalized spacial score (nSPS) is 15.2. The predicted molar refractivity (Wildman–Crippen MR) is 180 cm³/mol. The van der Waals surface area contributed by atoms with Crippen molar-refractivity contribution in [3.05, 3.63) is 24.3 Å². The lowest BCUT2D eigenvalue weighted by Gasteiger charge is -2.25. The number of hydrogen-bond acceptors (Lipinski definition) is 5. The Labute approximate surface area is 264 Å². The van der Waals surface area contributed by atoms with Gasteiger partial charge in [0.05, 0.1) is 39.9 Å². The molecule has 254 valence electrons. The average molecular weight is 632 g/mol. The van der Waals surface area contributed by atoms with Crippen molar-refractivity contribution in [2.24, 2.45) is 0 Å². The van der Waals surface area contributed by atoms with Gasteiger partial charge in [-0.05, 0) is 44.9 Å². The minimum absolute atomic E-state index is 0.0600. The maximum absolute atomic E-state index is 12.7. The van der Waals surface area contributed by atoms with E-state index in [2.05, 4.69) is 31.3 Å². The molecule has 0 heterocycles. The molecule has 0 saturated carbocycles. The lowest BCUT2D eigenvalue weighted by atomic mass is 10.1. The SMILES string of the molecule is CCCCC/C=C\CCCCCCCC(=O)NC(COP(=O)(O)OCC[N+](C)(C)C)C(O)/C=C/CCCCCCCCC. The molecule has 0 radical (unpaired) electrons. The Morgan fingerprint density at radius 3 is 1.84 bits per heavy atom. The molecule has 0 rings (SSSR count). The van der Waals surface area contributed by atoms with Crippen LogP contribution in [0.25, 0.3) is 0 Å². The summed E-state index contributed by atoms with van der Waals surface area (Å²) in [6.45, 7) is 4.71. The first-order chi connectivity index (χ1) is 20.5. The summed E-state index contributed by atoms with van der Waals surface area (Å²) in [7, 11) is 1.56. The maximum Gasteiger partial charge on any atom is 0.472 e. The largest absolute Gasteiger partial charge is 0.472 e. The Kier molecular flexibility index (Phi) is 26.7. The third-order valence-electron chi connectivity index (χ3n) is 7.42. The van der Waals surface area contributed by atoms with E-state index in [0.717, 1.165) is 51.4 Å². The van der Waals surface area contributed by atoms with Crippen molar-refractivity contribution in [2.45, 2.75) is 148 Å². The fourth-order valence-corrected chi connectivity index (χ4v) is 5.30. The van der Waals surface area contributed by atoms with Crippen LogP contribution in [0, 0.1) is 0 Å². The summed E-state index contributed by atoms with van der Waals surface area (Å²) in [6.07, 6.45) is 28.1. The minimum Gasteiger partial charge on any atom is -0.387 e. The first kappa shape index (κ1) is 42.0. The van der Waals surface area contributed by atoms with E-state index in [1.807, 2.05) is 27.2 Å². The van der Waals surface area contributed by atoms with Crippen molar-refractivity contribution < 1.29 is 32.9 Å². The number of phosphoric acid groups is 1. The number of unbranched alkanes of at least 4 members (excludes halogenated alkanes) is 15. The van der Waals surface area contributed by atoms with Crippen LogP contribution in [0.2, 0.25) is 0 Å². The molecule has 3 atom stereocenters. The van der Waals surface area contributed by atoms with Crippen molar-refractivity contribution >= 4 is 13.7 Å². The first-order valence-electron chi connectivity index (χ1n) is 17.2. The van der Waals surface area contributed by atoms with Crippen LogP contribution in [0.15, 0.2) is 24.3 Å². The van der Waals surface area contributed by atoms with Gasteiger partial charge in [0, 0.05) is 6.42 Å². The second-order valence-electron chi connectivity index (χ2n) is 12.9. The number of amides is 1. The Bertz CT molecular complexity index is 768. The molecular formula is C34H68N2O6P+. The average Bonchev–Trinajstić information content (AvgIpc) is 2.94. The zero-order valence-electron chi connectivity index (χ0n) is 28.4. The van der Waals surface area contributed by atoms with Crippen LogP contribution in [-0.4, -0.2) is 73.4 Å². The molecule has 9 heteroatoms. The zero-order valence-corrected chi connectivity index (χ0v) is 29.3. The molecule has 0 aliphatic rings. The molecule has 1 amide bonds. The van der Waals surface area contributed by atoms with Crippen LogP contribution in [0.3, 0.4) is 0 Å². The first-order valence-corrected chi connectivity index (χ1v) is 18.7. The van der Waals surface area contributed by atoms with Gasteiger partial charge in [0.2, 0.25) is 5.91 Å². The molecule has 8 nitrogen and oxygen atoms in total. The van der Waals surface area contributed by atoms with Crippen molar-refractivity contribution in [1.29, 1.82) is 0 Å². The van der Waals surface area contributed by atoms with E-state index >= 15 is 0 Å². The molecule has 3 unspecified atom stereocenters. The second kappa shape index (κ2) is 27.3. The van der Waals surface area contributed by atoms with Gasteiger partial charge in [0.1, 0.15) is 13.2 Å².